The van der Waals surface area contributed by atoms with Gasteiger partial charge in [0.15, 0.2) is 0 Å². The average Bonchev–Trinajstić information content (AvgIpc) is 2.68. The second-order valence-corrected chi connectivity index (χ2v) is 6.51. The predicted molar refractivity (Wildman–Crippen MR) is 111 cm³/mol. The van der Waals surface area contributed by atoms with Gasteiger partial charge in [-0.05, 0) is 56.3 Å². The number of aryl methyl sites for hydroxylation is 2. The number of aromatic nitrogens is 3. The van der Waals surface area contributed by atoms with Crippen LogP contribution in [0.1, 0.15) is 21.7 Å². The van der Waals surface area contributed by atoms with Crippen LogP contribution in [0.4, 0.5) is 17.3 Å². The van der Waals surface area contributed by atoms with Crippen molar-refractivity contribution in [3.8, 4) is 0 Å². The summed E-state index contributed by atoms with van der Waals surface area (Å²) in [5.74, 6) is 0.351. The summed E-state index contributed by atoms with van der Waals surface area (Å²) in [5.41, 5.74) is 4.62. The molecule has 2 aromatic heterocycles. The fourth-order valence-corrected chi connectivity index (χ4v) is 3.02. The third-order valence-corrected chi connectivity index (χ3v) is 4.27. The van der Waals surface area contributed by atoms with E-state index in [0.717, 1.165) is 28.0 Å². The minimum Gasteiger partial charge on any atom is -0.324 e. The van der Waals surface area contributed by atoms with Gasteiger partial charge < -0.3 is 10.6 Å². The van der Waals surface area contributed by atoms with Gasteiger partial charge in [-0.2, -0.15) is 0 Å². The quantitative estimate of drug-likeness (QED) is 0.548. The first-order valence-corrected chi connectivity index (χ1v) is 8.93. The Morgan fingerprint density at radius 1 is 0.893 bits per heavy atom. The van der Waals surface area contributed by atoms with Gasteiger partial charge in [-0.3, -0.25) is 9.78 Å². The lowest BCUT2D eigenvalue weighted by atomic mass is 10.1. The number of carbonyl (C=O) groups excluding carboxylic acids is 1. The number of hydrogen-bond donors (Lipinski definition) is 2. The maximum atomic E-state index is 12.6. The van der Waals surface area contributed by atoms with E-state index < -0.39 is 0 Å². The van der Waals surface area contributed by atoms with E-state index in [0.29, 0.717) is 17.2 Å². The molecule has 138 valence electrons. The molecule has 0 fully saturated rings. The van der Waals surface area contributed by atoms with Crippen LogP contribution in [-0.2, 0) is 0 Å². The molecule has 0 bridgehead atoms. The van der Waals surface area contributed by atoms with E-state index >= 15 is 0 Å². The Morgan fingerprint density at radius 2 is 1.61 bits per heavy atom. The number of fused-ring (bicyclic) bond motifs is 1. The molecule has 0 atom stereocenters. The van der Waals surface area contributed by atoms with E-state index in [1.807, 2.05) is 62.4 Å². The Kier molecular flexibility index (Phi) is 4.68. The van der Waals surface area contributed by atoms with Gasteiger partial charge in [0.25, 0.3) is 5.91 Å². The van der Waals surface area contributed by atoms with E-state index in [1.165, 1.54) is 0 Å². The molecule has 0 spiro atoms. The first-order valence-electron chi connectivity index (χ1n) is 8.93. The molecule has 0 aliphatic rings. The number of pyridine rings is 1. The first-order chi connectivity index (χ1) is 13.6. The van der Waals surface area contributed by atoms with Crippen LogP contribution in [0.2, 0.25) is 0 Å². The zero-order valence-corrected chi connectivity index (χ0v) is 15.6. The Balaban J connectivity index is 1.51. The monoisotopic (exact) mass is 369 g/mol. The Labute approximate surface area is 162 Å². The normalized spacial score (nSPS) is 10.6. The van der Waals surface area contributed by atoms with Crippen molar-refractivity contribution in [2.75, 3.05) is 10.6 Å². The molecule has 0 radical (unpaired) electrons. The lowest BCUT2D eigenvalue weighted by Gasteiger charge is -2.09. The molecule has 28 heavy (non-hydrogen) atoms. The van der Waals surface area contributed by atoms with E-state index in [9.17, 15) is 4.79 Å². The van der Waals surface area contributed by atoms with Crippen LogP contribution in [0, 0.1) is 13.8 Å². The van der Waals surface area contributed by atoms with Gasteiger partial charge in [-0.15, -0.1) is 0 Å². The van der Waals surface area contributed by atoms with Gasteiger partial charge in [0.05, 0.1) is 11.2 Å². The van der Waals surface area contributed by atoms with Crippen LogP contribution in [0.5, 0.6) is 0 Å². The highest BCUT2D eigenvalue weighted by atomic mass is 16.1. The number of benzene rings is 2. The lowest BCUT2D eigenvalue weighted by molar-refractivity contribution is 0.102. The van der Waals surface area contributed by atoms with Crippen molar-refractivity contribution in [2.24, 2.45) is 0 Å². The van der Waals surface area contributed by atoms with Crippen LogP contribution < -0.4 is 10.6 Å². The summed E-state index contributed by atoms with van der Waals surface area (Å²) < 4.78 is 0. The summed E-state index contributed by atoms with van der Waals surface area (Å²) in [7, 11) is 0. The van der Waals surface area contributed by atoms with E-state index in [2.05, 4.69) is 25.6 Å². The van der Waals surface area contributed by atoms with E-state index in [-0.39, 0.29) is 5.91 Å². The van der Waals surface area contributed by atoms with Gasteiger partial charge in [-0.1, -0.05) is 18.2 Å². The van der Waals surface area contributed by atoms with Crippen molar-refractivity contribution >= 4 is 34.1 Å². The molecule has 0 aliphatic heterocycles. The smallest absolute Gasteiger partial charge is 0.255 e. The summed E-state index contributed by atoms with van der Waals surface area (Å²) in [5, 5.41) is 7.08. The molecule has 0 saturated heterocycles. The predicted octanol–water partition coefficient (Wildman–Crippen LogP) is 4.64. The molecular formula is C22H19N5O. The number of rotatable bonds is 4. The molecule has 2 aromatic carbocycles. The number of carbonyl (C=O) groups is 1. The number of para-hydroxylation sites is 1. The lowest BCUT2D eigenvalue weighted by Crippen LogP contribution is -2.12. The summed E-state index contributed by atoms with van der Waals surface area (Å²) >= 11 is 0. The maximum Gasteiger partial charge on any atom is 0.255 e. The number of nitrogens with one attached hydrogen (secondary N) is 2. The van der Waals surface area contributed by atoms with Crippen molar-refractivity contribution in [3.63, 3.8) is 0 Å². The minimum absolute atomic E-state index is 0.188. The summed E-state index contributed by atoms with van der Waals surface area (Å²) in [6.45, 7) is 3.85. The summed E-state index contributed by atoms with van der Waals surface area (Å²) in [6, 6.07) is 18.7. The van der Waals surface area contributed by atoms with Crippen molar-refractivity contribution in [1.29, 1.82) is 0 Å². The van der Waals surface area contributed by atoms with Crippen LogP contribution in [0.3, 0.4) is 0 Å². The van der Waals surface area contributed by atoms with Gasteiger partial charge in [-0.25, -0.2) is 9.97 Å². The zero-order chi connectivity index (χ0) is 19.5. The zero-order valence-electron chi connectivity index (χ0n) is 15.6. The molecule has 1 amide bonds. The van der Waals surface area contributed by atoms with E-state index in [1.54, 1.807) is 18.3 Å². The highest BCUT2D eigenvalue weighted by Gasteiger charge is 2.09. The van der Waals surface area contributed by atoms with Crippen molar-refractivity contribution in [3.05, 3.63) is 83.8 Å². The number of anilines is 3. The minimum atomic E-state index is -0.188. The Morgan fingerprint density at radius 3 is 2.36 bits per heavy atom. The SMILES string of the molecule is Cc1cc(C)nc(Nc2ccc(C(=O)Nc3cccc4cccnc34)cc2)n1. The molecule has 0 unspecified atom stereocenters. The third-order valence-electron chi connectivity index (χ3n) is 4.27. The first kappa shape index (κ1) is 17.6. The molecule has 2 heterocycles. The molecule has 6 nitrogen and oxygen atoms in total. The highest BCUT2D eigenvalue weighted by molar-refractivity contribution is 6.08. The molecule has 0 saturated carbocycles. The molecule has 6 heteroatoms. The highest BCUT2D eigenvalue weighted by Crippen LogP contribution is 2.22. The second-order valence-electron chi connectivity index (χ2n) is 6.51. The van der Waals surface area contributed by atoms with Crippen molar-refractivity contribution < 1.29 is 4.79 Å². The standard InChI is InChI=1S/C22H19N5O/c1-14-13-15(2)25-22(24-14)26-18-10-8-17(9-11-18)21(28)27-19-7-3-5-16-6-4-12-23-20(16)19/h3-13H,1-2H3,(H,27,28)(H,24,25,26). The van der Waals surface area contributed by atoms with Gasteiger partial charge in [0.2, 0.25) is 5.95 Å². The molecule has 0 aliphatic carbocycles. The molecule has 2 N–H and O–H groups in total. The summed E-state index contributed by atoms with van der Waals surface area (Å²) in [4.78, 5) is 25.7. The van der Waals surface area contributed by atoms with Crippen LogP contribution >= 0.6 is 0 Å². The van der Waals surface area contributed by atoms with Crippen molar-refractivity contribution in [2.45, 2.75) is 13.8 Å². The third kappa shape index (κ3) is 3.81. The van der Waals surface area contributed by atoms with Crippen LogP contribution in [0.25, 0.3) is 10.9 Å². The van der Waals surface area contributed by atoms with Gasteiger partial charge in [0, 0.05) is 34.2 Å². The fourth-order valence-electron chi connectivity index (χ4n) is 3.02. The van der Waals surface area contributed by atoms with Crippen LogP contribution in [-0.4, -0.2) is 20.9 Å². The van der Waals surface area contributed by atoms with Gasteiger partial charge in [0.1, 0.15) is 0 Å². The Hall–Kier alpha value is -3.80. The second kappa shape index (κ2) is 7.44. The average molecular weight is 369 g/mol. The van der Waals surface area contributed by atoms with Gasteiger partial charge >= 0.3 is 0 Å². The maximum absolute atomic E-state index is 12.6. The Bertz CT molecular complexity index is 1130. The fraction of sp³-hybridized carbons (Fsp3) is 0.0909. The molecular weight excluding hydrogens is 350 g/mol. The number of nitrogens with zero attached hydrogens (tertiary/aromatic N) is 3. The molecule has 4 rings (SSSR count). The number of hydrogen-bond acceptors (Lipinski definition) is 5. The van der Waals surface area contributed by atoms with Crippen LogP contribution in [0.15, 0.2) is 66.9 Å². The summed E-state index contributed by atoms with van der Waals surface area (Å²) in [6.07, 6.45) is 1.72. The molecule has 4 aromatic rings. The topological polar surface area (TPSA) is 79.8 Å². The largest absolute Gasteiger partial charge is 0.324 e. The number of amides is 1. The van der Waals surface area contributed by atoms with Crippen molar-refractivity contribution in [1.82, 2.24) is 15.0 Å². The van der Waals surface area contributed by atoms with E-state index in [4.69, 9.17) is 0 Å².